The standard InChI is InChI=1S/C33H36F3N11O4S/c1-44(52(2,50)51)30-27(37-11-12-38-30)20-39-29-26(33(34,35)36)19-40-31(43-29)41-23-6-8-24(9-7-23)46-16-14-45(15-17-46)21-22-4-3-5-25(18-22)47-13-10-28(48)42-32(47)49/h3-9,11-12,18-19H,10,13-17,20-21H2,1-2H3,(H,42,48,49)(H2,39,40,41,43). The van der Waals surface area contributed by atoms with Gasteiger partial charge in [0, 0.05) is 88.4 Å². The molecule has 15 nitrogen and oxygen atoms in total. The number of nitrogens with one attached hydrogen (secondary N) is 3. The number of hydrogen-bond acceptors (Lipinski definition) is 12. The van der Waals surface area contributed by atoms with Crippen molar-refractivity contribution < 1.29 is 31.2 Å². The molecular weight excluding hydrogens is 703 g/mol. The minimum Gasteiger partial charge on any atom is -0.369 e. The van der Waals surface area contributed by atoms with Gasteiger partial charge in [0.1, 0.15) is 17.1 Å². The van der Waals surface area contributed by atoms with Gasteiger partial charge in [0.05, 0.1) is 12.8 Å². The topological polar surface area (TPSA) is 169 Å². The zero-order chi connectivity index (χ0) is 37.0. The summed E-state index contributed by atoms with van der Waals surface area (Å²) in [5, 5.41) is 7.93. The van der Waals surface area contributed by atoms with E-state index < -0.39 is 33.6 Å². The lowest BCUT2D eigenvalue weighted by atomic mass is 10.1. The lowest BCUT2D eigenvalue weighted by Crippen LogP contribution is -2.49. The molecule has 2 aliphatic rings. The number of urea groups is 1. The van der Waals surface area contributed by atoms with E-state index in [2.05, 4.69) is 45.7 Å². The fraction of sp³-hybridized carbons (Fsp3) is 0.333. The molecule has 6 rings (SSSR count). The maximum Gasteiger partial charge on any atom is 0.421 e. The first-order valence-electron chi connectivity index (χ1n) is 16.2. The average molecular weight is 740 g/mol. The number of rotatable bonds is 11. The molecule has 4 heterocycles. The normalized spacial score (nSPS) is 15.7. The number of imide groups is 1. The fourth-order valence-corrected chi connectivity index (χ4v) is 6.26. The summed E-state index contributed by atoms with van der Waals surface area (Å²) < 4.78 is 66.6. The minimum atomic E-state index is -4.76. The third kappa shape index (κ3) is 8.65. The van der Waals surface area contributed by atoms with Crippen LogP contribution >= 0.6 is 0 Å². The minimum absolute atomic E-state index is 0.0323. The molecule has 3 N–H and O–H groups in total. The first kappa shape index (κ1) is 36.2. The Morgan fingerprint density at radius 1 is 0.942 bits per heavy atom. The van der Waals surface area contributed by atoms with Crippen molar-refractivity contribution in [3.8, 4) is 0 Å². The zero-order valence-electron chi connectivity index (χ0n) is 28.3. The summed E-state index contributed by atoms with van der Waals surface area (Å²) in [6.07, 6.45) is -0.256. The average Bonchev–Trinajstić information content (AvgIpc) is 3.10. The number of anilines is 6. The number of nitrogens with zero attached hydrogens (tertiary/aromatic N) is 8. The van der Waals surface area contributed by atoms with Crippen molar-refractivity contribution in [1.82, 2.24) is 30.2 Å². The Morgan fingerprint density at radius 3 is 2.37 bits per heavy atom. The molecule has 0 aliphatic carbocycles. The highest BCUT2D eigenvalue weighted by molar-refractivity contribution is 7.92. The third-order valence-corrected chi connectivity index (χ3v) is 9.78. The van der Waals surface area contributed by atoms with Crippen molar-refractivity contribution in [2.75, 3.05) is 70.8 Å². The molecule has 0 radical (unpaired) electrons. The van der Waals surface area contributed by atoms with Gasteiger partial charge in [0.2, 0.25) is 21.9 Å². The summed E-state index contributed by atoms with van der Waals surface area (Å²) in [5.41, 5.74) is 2.35. The summed E-state index contributed by atoms with van der Waals surface area (Å²) in [4.78, 5) is 46.0. The third-order valence-electron chi connectivity index (χ3n) is 8.61. The van der Waals surface area contributed by atoms with E-state index in [4.69, 9.17) is 0 Å². The van der Waals surface area contributed by atoms with Crippen molar-refractivity contribution in [1.29, 1.82) is 0 Å². The van der Waals surface area contributed by atoms with Crippen LogP contribution in [0.2, 0.25) is 0 Å². The number of piperazine rings is 1. The number of hydrogen-bond donors (Lipinski definition) is 3. The van der Waals surface area contributed by atoms with Crippen molar-refractivity contribution in [2.45, 2.75) is 25.7 Å². The van der Waals surface area contributed by atoms with Gasteiger partial charge in [-0.05, 0) is 42.0 Å². The largest absolute Gasteiger partial charge is 0.421 e. The molecule has 4 aromatic rings. The van der Waals surface area contributed by atoms with E-state index >= 15 is 0 Å². The predicted molar refractivity (Wildman–Crippen MR) is 189 cm³/mol. The summed E-state index contributed by atoms with van der Waals surface area (Å²) >= 11 is 0. The molecule has 2 aromatic carbocycles. The van der Waals surface area contributed by atoms with Gasteiger partial charge in [0.15, 0.2) is 5.82 Å². The Labute approximate surface area is 297 Å². The van der Waals surface area contributed by atoms with Gasteiger partial charge in [-0.15, -0.1) is 0 Å². The SMILES string of the molecule is CN(c1nccnc1CNc1nc(Nc2ccc(N3CCN(Cc4cccc(N5CCC(=O)NC5=O)c4)CC3)cc2)ncc1C(F)(F)F)S(C)(=O)=O. The maximum atomic E-state index is 13.9. The summed E-state index contributed by atoms with van der Waals surface area (Å²) in [5.74, 6) is -0.900. The molecule has 0 atom stereocenters. The van der Waals surface area contributed by atoms with Crippen molar-refractivity contribution >= 4 is 56.6 Å². The van der Waals surface area contributed by atoms with Crippen molar-refractivity contribution in [3.05, 3.63) is 83.9 Å². The molecule has 0 spiro atoms. The molecule has 3 amide bonds. The maximum absolute atomic E-state index is 13.9. The lowest BCUT2D eigenvalue weighted by Gasteiger charge is -2.36. The van der Waals surface area contributed by atoms with Gasteiger partial charge in [-0.3, -0.25) is 29.2 Å². The van der Waals surface area contributed by atoms with Crippen LogP contribution in [0.1, 0.15) is 23.2 Å². The number of sulfonamides is 1. The van der Waals surface area contributed by atoms with E-state index in [0.717, 1.165) is 53.7 Å². The molecule has 2 aliphatic heterocycles. The molecule has 0 saturated carbocycles. The number of alkyl halides is 3. The predicted octanol–water partition coefficient (Wildman–Crippen LogP) is 3.81. The number of benzene rings is 2. The Balaban J connectivity index is 1.06. The highest BCUT2D eigenvalue weighted by Crippen LogP contribution is 2.35. The summed E-state index contributed by atoms with van der Waals surface area (Å²) in [6.45, 7) is 3.91. The van der Waals surface area contributed by atoms with Crippen LogP contribution in [-0.2, 0) is 34.1 Å². The van der Waals surface area contributed by atoms with Crippen LogP contribution < -0.4 is 30.1 Å². The molecular formula is C33H36F3N11O4S. The molecule has 0 bridgehead atoms. The monoisotopic (exact) mass is 739 g/mol. The number of carbonyl (C=O) groups is 2. The van der Waals surface area contributed by atoms with E-state index in [0.29, 0.717) is 25.0 Å². The van der Waals surface area contributed by atoms with E-state index in [1.54, 1.807) is 17.0 Å². The van der Waals surface area contributed by atoms with Crippen LogP contribution in [0.5, 0.6) is 0 Å². The molecule has 2 fully saturated rings. The van der Waals surface area contributed by atoms with Crippen LogP contribution in [0.15, 0.2) is 67.1 Å². The van der Waals surface area contributed by atoms with Crippen LogP contribution in [0.25, 0.3) is 0 Å². The molecule has 274 valence electrons. The van der Waals surface area contributed by atoms with Crippen LogP contribution in [0.3, 0.4) is 0 Å². The van der Waals surface area contributed by atoms with Gasteiger partial charge in [0.25, 0.3) is 0 Å². The number of carbonyl (C=O) groups excluding carboxylic acids is 2. The van der Waals surface area contributed by atoms with Gasteiger partial charge in [-0.2, -0.15) is 18.2 Å². The van der Waals surface area contributed by atoms with Gasteiger partial charge in [-0.1, -0.05) is 12.1 Å². The van der Waals surface area contributed by atoms with Crippen LogP contribution in [-0.4, -0.2) is 91.2 Å². The smallest absolute Gasteiger partial charge is 0.369 e. The van der Waals surface area contributed by atoms with Crippen molar-refractivity contribution in [2.24, 2.45) is 0 Å². The van der Waals surface area contributed by atoms with E-state index in [1.165, 1.54) is 19.4 Å². The van der Waals surface area contributed by atoms with E-state index in [-0.39, 0.29) is 36.3 Å². The Bertz CT molecular complexity index is 2040. The van der Waals surface area contributed by atoms with Crippen LogP contribution in [0, 0.1) is 0 Å². The molecule has 2 aromatic heterocycles. The van der Waals surface area contributed by atoms with Gasteiger partial charge >= 0.3 is 12.2 Å². The lowest BCUT2D eigenvalue weighted by molar-refractivity contribution is -0.137. The molecule has 52 heavy (non-hydrogen) atoms. The van der Waals surface area contributed by atoms with E-state index in [9.17, 15) is 31.2 Å². The van der Waals surface area contributed by atoms with Gasteiger partial charge < -0.3 is 15.5 Å². The Morgan fingerprint density at radius 2 is 1.67 bits per heavy atom. The Kier molecular flexibility index (Phi) is 10.4. The molecule has 0 unspecified atom stereocenters. The fourth-order valence-electron chi connectivity index (χ4n) is 5.80. The Hall–Kier alpha value is -5.56. The number of halogens is 3. The molecule has 19 heteroatoms. The highest BCUT2D eigenvalue weighted by Gasteiger charge is 2.35. The number of amides is 3. The summed E-state index contributed by atoms with van der Waals surface area (Å²) in [6, 6.07) is 14.7. The zero-order valence-corrected chi connectivity index (χ0v) is 29.1. The van der Waals surface area contributed by atoms with Gasteiger partial charge in [-0.25, -0.2) is 23.2 Å². The second kappa shape index (κ2) is 15.0. The second-order valence-electron chi connectivity index (χ2n) is 12.2. The van der Waals surface area contributed by atoms with Crippen molar-refractivity contribution in [3.63, 3.8) is 0 Å². The van der Waals surface area contributed by atoms with Crippen LogP contribution in [0.4, 0.5) is 52.6 Å². The first-order valence-corrected chi connectivity index (χ1v) is 18.1. The highest BCUT2D eigenvalue weighted by atomic mass is 32.2. The molecule has 2 saturated heterocycles. The summed E-state index contributed by atoms with van der Waals surface area (Å²) in [7, 11) is -2.43. The second-order valence-corrected chi connectivity index (χ2v) is 14.2. The first-order chi connectivity index (χ1) is 24.7. The van der Waals surface area contributed by atoms with E-state index in [1.807, 2.05) is 36.4 Å². The quantitative estimate of drug-likeness (QED) is 0.204. The number of aromatic nitrogens is 4.